The van der Waals surface area contributed by atoms with Crippen LogP contribution in [-0.2, 0) is 6.54 Å². The van der Waals surface area contributed by atoms with Crippen molar-refractivity contribution >= 4 is 11.8 Å². The zero-order valence-electron chi connectivity index (χ0n) is 8.87. The zero-order valence-corrected chi connectivity index (χ0v) is 9.69. The van der Waals surface area contributed by atoms with Gasteiger partial charge in [0.2, 0.25) is 0 Å². The van der Waals surface area contributed by atoms with Gasteiger partial charge in [-0.25, -0.2) is 4.39 Å². The second kappa shape index (κ2) is 5.33. The molecule has 2 rings (SSSR count). The van der Waals surface area contributed by atoms with Crippen molar-refractivity contribution in [2.24, 2.45) is 0 Å². The van der Waals surface area contributed by atoms with Gasteiger partial charge in [0.1, 0.15) is 11.9 Å². The van der Waals surface area contributed by atoms with Crippen LogP contribution in [0, 0.1) is 17.1 Å². The molecular formula is C12H13FN2S. The molecule has 2 nitrogen and oxygen atoms in total. The maximum absolute atomic E-state index is 13.7. The zero-order chi connectivity index (χ0) is 11.4. The lowest BCUT2D eigenvalue weighted by atomic mass is 10.1. The summed E-state index contributed by atoms with van der Waals surface area (Å²) in [5.41, 5.74) is 0.705. The predicted molar refractivity (Wildman–Crippen MR) is 63.7 cm³/mol. The Labute approximate surface area is 98.8 Å². The van der Waals surface area contributed by atoms with Gasteiger partial charge in [-0.2, -0.15) is 17.0 Å². The van der Waals surface area contributed by atoms with Crippen LogP contribution in [0.15, 0.2) is 18.2 Å². The van der Waals surface area contributed by atoms with Crippen molar-refractivity contribution in [2.45, 2.75) is 19.0 Å². The Kier molecular flexibility index (Phi) is 3.81. The van der Waals surface area contributed by atoms with Gasteiger partial charge >= 0.3 is 0 Å². The summed E-state index contributed by atoms with van der Waals surface area (Å²) in [5.74, 6) is 1.89. The summed E-state index contributed by atoms with van der Waals surface area (Å²) < 4.78 is 13.7. The largest absolute Gasteiger partial charge is 0.309 e. The topological polar surface area (TPSA) is 35.8 Å². The summed E-state index contributed by atoms with van der Waals surface area (Å²) >= 11 is 1.92. The number of hydrogen-bond acceptors (Lipinski definition) is 3. The quantitative estimate of drug-likeness (QED) is 0.874. The van der Waals surface area contributed by atoms with Crippen LogP contribution in [0.4, 0.5) is 4.39 Å². The van der Waals surface area contributed by atoms with Gasteiger partial charge in [-0.3, -0.25) is 0 Å². The molecule has 0 aromatic heterocycles. The first-order valence-corrected chi connectivity index (χ1v) is 6.45. The Bertz CT molecular complexity index is 408. The molecule has 1 N–H and O–H groups in total. The van der Waals surface area contributed by atoms with E-state index in [4.69, 9.17) is 5.26 Å². The summed E-state index contributed by atoms with van der Waals surface area (Å²) in [4.78, 5) is 0. The summed E-state index contributed by atoms with van der Waals surface area (Å²) in [5, 5.41) is 12.0. The smallest absolute Gasteiger partial charge is 0.145 e. The summed E-state index contributed by atoms with van der Waals surface area (Å²) in [6, 6.07) is 7.29. The van der Waals surface area contributed by atoms with Gasteiger partial charge in [-0.15, -0.1) is 0 Å². The monoisotopic (exact) mass is 236 g/mol. The molecule has 0 amide bonds. The van der Waals surface area contributed by atoms with Crippen LogP contribution in [0.2, 0.25) is 0 Å². The van der Waals surface area contributed by atoms with Crippen LogP contribution in [0.25, 0.3) is 0 Å². The second-order valence-corrected chi connectivity index (χ2v) is 4.98. The van der Waals surface area contributed by atoms with E-state index < -0.39 is 0 Å². The maximum Gasteiger partial charge on any atom is 0.145 e. The van der Waals surface area contributed by atoms with Crippen molar-refractivity contribution in [3.8, 4) is 6.07 Å². The molecule has 1 atom stereocenters. The van der Waals surface area contributed by atoms with Crippen LogP contribution < -0.4 is 5.32 Å². The van der Waals surface area contributed by atoms with E-state index in [0.717, 1.165) is 12.2 Å². The fourth-order valence-corrected chi connectivity index (χ4v) is 2.94. The third-order valence-electron chi connectivity index (χ3n) is 2.71. The summed E-state index contributed by atoms with van der Waals surface area (Å²) in [6.45, 7) is 0.507. The minimum atomic E-state index is -0.386. The standard InChI is InChI=1S/C12H13FN2S/c13-12-9(6-14)2-1-3-10(12)7-15-11-4-5-16-8-11/h1-3,11,15H,4-5,7-8H2. The highest BCUT2D eigenvalue weighted by molar-refractivity contribution is 7.99. The number of hydrogen-bond donors (Lipinski definition) is 1. The minimum Gasteiger partial charge on any atom is -0.309 e. The van der Waals surface area contributed by atoms with E-state index in [1.807, 2.05) is 17.8 Å². The molecule has 1 aromatic carbocycles. The average Bonchev–Trinajstić information content (AvgIpc) is 2.81. The molecule has 1 aliphatic heterocycles. The normalized spacial score (nSPS) is 19.6. The van der Waals surface area contributed by atoms with Crippen LogP contribution in [0.1, 0.15) is 17.5 Å². The number of halogens is 1. The Morgan fingerprint density at radius 3 is 3.12 bits per heavy atom. The van der Waals surface area contributed by atoms with Crippen LogP contribution in [0.3, 0.4) is 0 Å². The van der Waals surface area contributed by atoms with Crippen molar-refractivity contribution < 1.29 is 4.39 Å². The molecule has 1 aromatic rings. The van der Waals surface area contributed by atoms with E-state index in [1.165, 1.54) is 11.8 Å². The number of nitriles is 1. The van der Waals surface area contributed by atoms with Crippen LogP contribution in [-0.4, -0.2) is 17.5 Å². The molecule has 1 fully saturated rings. The fraction of sp³-hybridized carbons (Fsp3) is 0.417. The third kappa shape index (κ3) is 2.55. The molecule has 1 unspecified atom stereocenters. The van der Waals surface area contributed by atoms with Gasteiger partial charge in [0, 0.05) is 23.9 Å². The Morgan fingerprint density at radius 2 is 2.44 bits per heavy atom. The predicted octanol–water partition coefficient (Wildman–Crippen LogP) is 2.29. The average molecular weight is 236 g/mol. The summed E-state index contributed by atoms with van der Waals surface area (Å²) in [7, 11) is 0. The first-order valence-electron chi connectivity index (χ1n) is 5.30. The SMILES string of the molecule is N#Cc1cccc(CNC2CCSC2)c1F. The molecule has 16 heavy (non-hydrogen) atoms. The van der Waals surface area contributed by atoms with Crippen molar-refractivity contribution in [1.29, 1.82) is 5.26 Å². The third-order valence-corrected chi connectivity index (χ3v) is 3.87. The van der Waals surface area contributed by atoms with Gasteiger partial charge in [0.15, 0.2) is 0 Å². The molecule has 1 saturated heterocycles. The molecule has 0 aliphatic carbocycles. The first-order chi connectivity index (χ1) is 7.81. The fourth-order valence-electron chi connectivity index (χ4n) is 1.75. The van der Waals surface area contributed by atoms with E-state index >= 15 is 0 Å². The summed E-state index contributed by atoms with van der Waals surface area (Å²) in [6.07, 6.45) is 1.14. The highest BCUT2D eigenvalue weighted by atomic mass is 32.2. The highest BCUT2D eigenvalue weighted by Crippen LogP contribution is 2.18. The molecule has 0 bridgehead atoms. The molecular weight excluding hydrogens is 223 g/mol. The van der Waals surface area contributed by atoms with Crippen LogP contribution >= 0.6 is 11.8 Å². The van der Waals surface area contributed by atoms with Gasteiger partial charge in [0.25, 0.3) is 0 Å². The molecule has 4 heteroatoms. The van der Waals surface area contributed by atoms with Crippen molar-refractivity contribution in [2.75, 3.05) is 11.5 Å². The van der Waals surface area contributed by atoms with Gasteiger partial charge in [0.05, 0.1) is 5.56 Å². The molecule has 0 saturated carbocycles. The number of benzene rings is 1. The van der Waals surface area contributed by atoms with Gasteiger partial charge in [-0.05, 0) is 18.2 Å². The van der Waals surface area contributed by atoms with E-state index in [2.05, 4.69) is 5.32 Å². The van der Waals surface area contributed by atoms with Gasteiger partial charge in [-0.1, -0.05) is 12.1 Å². The Hall–Kier alpha value is -1.05. The first kappa shape index (κ1) is 11.4. The maximum atomic E-state index is 13.7. The Balaban J connectivity index is 2.01. The number of nitrogens with one attached hydrogen (secondary N) is 1. The molecule has 1 heterocycles. The molecule has 1 aliphatic rings. The molecule has 0 spiro atoms. The second-order valence-electron chi connectivity index (χ2n) is 3.83. The minimum absolute atomic E-state index is 0.125. The van der Waals surface area contributed by atoms with Crippen molar-refractivity contribution in [3.63, 3.8) is 0 Å². The Morgan fingerprint density at radius 1 is 1.56 bits per heavy atom. The number of rotatable bonds is 3. The lowest BCUT2D eigenvalue weighted by molar-refractivity contribution is 0.533. The molecule has 0 radical (unpaired) electrons. The lowest BCUT2D eigenvalue weighted by Crippen LogP contribution is -2.28. The van der Waals surface area contributed by atoms with E-state index in [9.17, 15) is 4.39 Å². The highest BCUT2D eigenvalue weighted by Gasteiger charge is 2.15. The van der Waals surface area contributed by atoms with Crippen molar-refractivity contribution in [3.05, 3.63) is 35.1 Å². The van der Waals surface area contributed by atoms with E-state index in [-0.39, 0.29) is 11.4 Å². The molecule has 84 valence electrons. The van der Waals surface area contributed by atoms with Crippen molar-refractivity contribution in [1.82, 2.24) is 5.32 Å². The van der Waals surface area contributed by atoms with E-state index in [0.29, 0.717) is 18.2 Å². The van der Waals surface area contributed by atoms with Crippen LogP contribution in [0.5, 0.6) is 0 Å². The number of thioether (sulfide) groups is 1. The lowest BCUT2D eigenvalue weighted by Gasteiger charge is -2.11. The number of nitrogens with zero attached hydrogens (tertiary/aromatic N) is 1. The van der Waals surface area contributed by atoms with Gasteiger partial charge < -0.3 is 5.32 Å². The van der Waals surface area contributed by atoms with E-state index in [1.54, 1.807) is 12.1 Å².